The third-order valence-corrected chi connectivity index (χ3v) is 4.34. The van der Waals surface area contributed by atoms with Crippen molar-refractivity contribution in [2.24, 2.45) is 5.41 Å². The molecule has 0 spiro atoms. The van der Waals surface area contributed by atoms with E-state index >= 15 is 0 Å². The number of carbonyl (C=O) groups excluding carboxylic acids is 1. The van der Waals surface area contributed by atoms with E-state index in [1.54, 1.807) is 13.1 Å². The zero-order valence-corrected chi connectivity index (χ0v) is 13.2. The summed E-state index contributed by atoms with van der Waals surface area (Å²) in [5.41, 5.74) is 1.89. The molecule has 1 fully saturated rings. The van der Waals surface area contributed by atoms with Crippen LogP contribution in [-0.4, -0.2) is 19.0 Å². The molecule has 0 bridgehead atoms. The van der Waals surface area contributed by atoms with Gasteiger partial charge < -0.3 is 10.6 Å². The zero-order valence-electron chi connectivity index (χ0n) is 12.4. The van der Waals surface area contributed by atoms with Crippen LogP contribution in [0.4, 0.5) is 5.69 Å². The van der Waals surface area contributed by atoms with Crippen molar-refractivity contribution >= 4 is 23.2 Å². The Balaban J connectivity index is 2.12. The number of rotatable bonds is 3. The first-order valence-electron chi connectivity index (χ1n) is 7.19. The topological polar surface area (TPSA) is 41.1 Å². The van der Waals surface area contributed by atoms with Crippen molar-refractivity contribution in [3.05, 3.63) is 28.8 Å². The molecular formula is C16H23ClN2O. The average Bonchev–Trinajstić information content (AvgIpc) is 2.39. The van der Waals surface area contributed by atoms with Crippen LogP contribution in [0.2, 0.25) is 5.02 Å². The molecule has 1 aromatic rings. The van der Waals surface area contributed by atoms with Crippen LogP contribution in [0.1, 0.15) is 49.9 Å². The van der Waals surface area contributed by atoms with Gasteiger partial charge >= 0.3 is 0 Å². The maximum Gasteiger partial charge on any atom is 0.252 e. The Bertz CT molecular complexity index is 499. The highest BCUT2D eigenvalue weighted by Crippen LogP contribution is 2.36. The standard InChI is InChI=1S/C16H23ClN2O/c1-16(2)8-4-5-12(10-16)19-11-6-7-14(17)13(9-11)15(20)18-3/h6-7,9,12,19H,4-5,8,10H2,1-3H3,(H,18,20). The molecule has 2 rings (SSSR count). The molecule has 0 heterocycles. The van der Waals surface area contributed by atoms with Crippen LogP contribution in [0, 0.1) is 5.41 Å². The smallest absolute Gasteiger partial charge is 0.252 e. The highest BCUT2D eigenvalue weighted by atomic mass is 35.5. The van der Waals surface area contributed by atoms with Crippen LogP contribution < -0.4 is 10.6 Å². The van der Waals surface area contributed by atoms with E-state index in [1.165, 1.54) is 19.3 Å². The number of halogens is 1. The van der Waals surface area contributed by atoms with Crippen molar-refractivity contribution in [3.8, 4) is 0 Å². The molecule has 20 heavy (non-hydrogen) atoms. The van der Waals surface area contributed by atoms with E-state index < -0.39 is 0 Å². The number of carbonyl (C=O) groups is 1. The molecule has 1 saturated carbocycles. The molecule has 1 atom stereocenters. The monoisotopic (exact) mass is 294 g/mol. The van der Waals surface area contributed by atoms with E-state index in [0.717, 1.165) is 12.1 Å². The molecule has 0 aliphatic heterocycles. The first kappa shape index (κ1) is 15.2. The molecule has 1 aliphatic rings. The molecule has 1 aromatic carbocycles. The summed E-state index contributed by atoms with van der Waals surface area (Å²) in [6.45, 7) is 4.64. The molecule has 4 heteroatoms. The SMILES string of the molecule is CNC(=O)c1cc(NC2CCCC(C)(C)C2)ccc1Cl. The second-order valence-electron chi connectivity index (χ2n) is 6.38. The van der Waals surface area contributed by atoms with Gasteiger partial charge in [0.1, 0.15) is 0 Å². The van der Waals surface area contributed by atoms with Crippen LogP contribution in [-0.2, 0) is 0 Å². The fourth-order valence-corrected chi connectivity index (χ4v) is 3.18. The van der Waals surface area contributed by atoms with Gasteiger partial charge in [0.05, 0.1) is 10.6 Å². The summed E-state index contributed by atoms with van der Waals surface area (Å²) in [5.74, 6) is -0.150. The molecule has 110 valence electrons. The predicted octanol–water partition coefficient (Wildman–Crippen LogP) is 4.08. The van der Waals surface area contributed by atoms with Gasteiger partial charge in [-0.1, -0.05) is 31.9 Å². The van der Waals surface area contributed by atoms with E-state index in [2.05, 4.69) is 24.5 Å². The van der Waals surface area contributed by atoms with Gasteiger partial charge in [-0.3, -0.25) is 4.79 Å². The van der Waals surface area contributed by atoms with Crippen LogP contribution in [0.15, 0.2) is 18.2 Å². The predicted molar refractivity (Wildman–Crippen MR) is 84.5 cm³/mol. The minimum Gasteiger partial charge on any atom is -0.382 e. The molecular weight excluding hydrogens is 272 g/mol. The van der Waals surface area contributed by atoms with Crippen LogP contribution in [0.5, 0.6) is 0 Å². The Labute approximate surface area is 126 Å². The minimum absolute atomic E-state index is 0.150. The fourth-order valence-electron chi connectivity index (χ4n) is 2.98. The van der Waals surface area contributed by atoms with Gasteiger partial charge in [-0.25, -0.2) is 0 Å². The molecule has 0 aromatic heterocycles. The van der Waals surface area contributed by atoms with Crippen molar-refractivity contribution in [3.63, 3.8) is 0 Å². The summed E-state index contributed by atoms with van der Waals surface area (Å²) in [6, 6.07) is 6.03. The molecule has 0 saturated heterocycles. The van der Waals surface area contributed by atoms with Crippen molar-refractivity contribution in [1.29, 1.82) is 0 Å². The fraction of sp³-hybridized carbons (Fsp3) is 0.562. The van der Waals surface area contributed by atoms with E-state index in [9.17, 15) is 4.79 Å². The largest absolute Gasteiger partial charge is 0.382 e. The number of hydrogen-bond acceptors (Lipinski definition) is 2. The molecule has 1 amide bonds. The summed E-state index contributed by atoms with van der Waals surface area (Å²) in [4.78, 5) is 11.8. The van der Waals surface area contributed by atoms with Crippen molar-refractivity contribution in [2.75, 3.05) is 12.4 Å². The van der Waals surface area contributed by atoms with Gasteiger partial charge in [0, 0.05) is 18.8 Å². The highest BCUT2D eigenvalue weighted by Gasteiger charge is 2.27. The number of amides is 1. The second kappa shape index (κ2) is 6.04. The summed E-state index contributed by atoms with van der Waals surface area (Å²) >= 11 is 6.07. The Kier molecular flexibility index (Phi) is 4.59. The number of benzene rings is 1. The van der Waals surface area contributed by atoms with E-state index in [-0.39, 0.29) is 5.91 Å². The summed E-state index contributed by atoms with van der Waals surface area (Å²) < 4.78 is 0. The van der Waals surface area contributed by atoms with E-state index in [0.29, 0.717) is 22.0 Å². The van der Waals surface area contributed by atoms with Gasteiger partial charge in [0.15, 0.2) is 0 Å². The maximum atomic E-state index is 11.8. The van der Waals surface area contributed by atoms with Crippen LogP contribution in [0.3, 0.4) is 0 Å². The second-order valence-corrected chi connectivity index (χ2v) is 6.78. The van der Waals surface area contributed by atoms with Crippen molar-refractivity contribution in [1.82, 2.24) is 5.32 Å². The number of hydrogen-bond donors (Lipinski definition) is 2. The Morgan fingerprint density at radius 3 is 2.80 bits per heavy atom. The minimum atomic E-state index is -0.150. The first-order valence-corrected chi connectivity index (χ1v) is 7.57. The average molecular weight is 295 g/mol. The van der Waals surface area contributed by atoms with Crippen LogP contribution in [0.25, 0.3) is 0 Å². The molecule has 2 N–H and O–H groups in total. The maximum absolute atomic E-state index is 11.8. The Morgan fingerprint density at radius 2 is 2.15 bits per heavy atom. The number of nitrogens with one attached hydrogen (secondary N) is 2. The zero-order chi connectivity index (χ0) is 14.8. The first-order chi connectivity index (χ1) is 9.41. The summed E-state index contributed by atoms with van der Waals surface area (Å²) in [6.07, 6.45) is 4.88. The molecule has 0 radical (unpaired) electrons. The lowest BCUT2D eigenvalue weighted by Gasteiger charge is -2.36. The Hall–Kier alpha value is -1.22. The van der Waals surface area contributed by atoms with Crippen LogP contribution >= 0.6 is 11.6 Å². The quantitative estimate of drug-likeness (QED) is 0.882. The Morgan fingerprint density at radius 1 is 1.40 bits per heavy atom. The molecule has 1 unspecified atom stereocenters. The lowest BCUT2D eigenvalue weighted by molar-refractivity contribution is 0.0963. The van der Waals surface area contributed by atoms with Gasteiger partial charge in [-0.05, 0) is 42.9 Å². The van der Waals surface area contributed by atoms with Gasteiger partial charge in [0.25, 0.3) is 5.91 Å². The van der Waals surface area contributed by atoms with E-state index in [4.69, 9.17) is 11.6 Å². The van der Waals surface area contributed by atoms with Gasteiger partial charge in [-0.2, -0.15) is 0 Å². The van der Waals surface area contributed by atoms with Crippen molar-refractivity contribution < 1.29 is 4.79 Å². The lowest BCUT2D eigenvalue weighted by atomic mass is 9.75. The molecule has 1 aliphatic carbocycles. The van der Waals surface area contributed by atoms with Gasteiger partial charge in [0.2, 0.25) is 0 Å². The third kappa shape index (κ3) is 3.66. The normalized spacial score (nSPS) is 21.3. The third-order valence-electron chi connectivity index (χ3n) is 4.01. The highest BCUT2D eigenvalue weighted by molar-refractivity contribution is 6.34. The summed E-state index contributed by atoms with van der Waals surface area (Å²) in [7, 11) is 1.61. The van der Waals surface area contributed by atoms with Gasteiger partial charge in [-0.15, -0.1) is 0 Å². The van der Waals surface area contributed by atoms with Crippen molar-refractivity contribution in [2.45, 2.75) is 45.6 Å². The molecule has 3 nitrogen and oxygen atoms in total. The van der Waals surface area contributed by atoms with E-state index in [1.807, 2.05) is 12.1 Å². The summed E-state index contributed by atoms with van der Waals surface area (Å²) in [5, 5.41) is 6.64. The number of anilines is 1. The lowest BCUT2D eigenvalue weighted by Crippen LogP contribution is -2.31.